The summed E-state index contributed by atoms with van der Waals surface area (Å²) in [4.78, 5) is 0. The van der Waals surface area contributed by atoms with Gasteiger partial charge in [0.05, 0.1) is 0 Å². The topological polar surface area (TPSA) is 66.5 Å². The van der Waals surface area contributed by atoms with Crippen molar-refractivity contribution in [2.24, 2.45) is 11.1 Å². The SMILES string of the molecule is CC(C)(C)[C@@H](N)c1cc(O)ccc1O. The molecule has 0 aliphatic heterocycles. The molecule has 3 heteroatoms. The van der Waals surface area contributed by atoms with Crippen molar-refractivity contribution in [2.75, 3.05) is 0 Å². The van der Waals surface area contributed by atoms with Gasteiger partial charge in [-0.25, -0.2) is 0 Å². The second-order valence-corrected chi connectivity index (χ2v) is 4.59. The zero-order valence-electron chi connectivity index (χ0n) is 8.78. The molecule has 1 atom stereocenters. The quantitative estimate of drug-likeness (QED) is 0.601. The molecule has 0 saturated carbocycles. The summed E-state index contributed by atoms with van der Waals surface area (Å²) >= 11 is 0. The lowest BCUT2D eigenvalue weighted by Crippen LogP contribution is -2.26. The summed E-state index contributed by atoms with van der Waals surface area (Å²) in [7, 11) is 0. The van der Waals surface area contributed by atoms with Crippen molar-refractivity contribution in [3.63, 3.8) is 0 Å². The molecular weight excluding hydrogens is 178 g/mol. The molecule has 0 unspecified atom stereocenters. The minimum atomic E-state index is -0.297. The monoisotopic (exact) mass is 195 g/mol. The Hall–Kier alpha value is -1.22. The van der Waals surface area contributed by atoms with Crippen LogP contribution in [0.15, 0.2) is 18.2 Å². The van der Waals surface area contributed by atoms with E-state index in [1.165, 1.54) is 18.2 Å². The molecule has 14 heavy (non-hydrogen) atoms. The number of hydrogen-bond acceptors (Lipinski definition) is 3. The fourth-order valence-corrected chi connectivity index (χ4v) is 1.26. The Labute approximate surface area is 84.2 Å². The minimum absolute atomic E-state index is 0.123. The Bertz CT molecular complexity index is 329. The molecule has 3 nitrogen and oxygen atoms in total. The van der Waals surface area contributed by atoms with Crippen LogP contribution in [-0.2, 0) is 0 Å². The maximum atomic E-state index is 9.58. The lowest BCUT2D eigenvalue weighted by Gasteiger charge is -2.27. The Morgan fingerprint density at radius 1 is 1.21 bits per heavy atom. The van der Waals surface area contributed by atoms with Crippen molar-refractivity contribution in [1.29, 1.82) is 0 Å². The van der Waals surface area contributed by atoms with E-state index < -0.39 is 0 Å². The fraction of sp³-hybridized carbons (Fsp3) is 0.455. The Balaban J connectivity index is 3.12. The molecule has 1 aromatic rings. The number of benzene rings is 1. The van der Waals surface area contributed by atoms with E-state index in [0.717, 1.165) is 0 Å². The lowest BCUT2D eigenvalue weighted by atomic mass is 9.83. The highest BCUT2D eigenvalue weighted by atomic mass is 16.3. The van der Waals surface area contributed by atoms with E-state index in [0.29, 0.717) is 5.56 Å². The van der Waals surface area contributed by atoms with E-state index in [2.05, 4.69) is 0 Å². The largest absolute Gasteiger partial charge is 0.508 e. The fourth-order valence-electron chi connectivity index (χ4n) is 1.26. The van der Waals surface area contributed by atoms with E-state index in [4.69, 9.17) is 5.73 Å². The first-order valence-corrected chi connectivity index (χ1v) is 4.60. The van der Waals surface area contributed by atoms with Crippen LogP contribution in [0.2, 0.25) is 0 Å². The van der Waals surface area contributed by atoms with E-state index in [1.54, 1.807) is 0 Å². The zero-order valence-corrected chi connectivity index (χ0v) is 8.78. The van der Waals surface area contributed by atoms with Gasteiger partial charge in [0.1, 0.15) is 11.5 Å². The highest BCUT2D eigenvalue weighted by Crippen LogP contribution is 2.36. The summed E-state index contributed by atoms with van der Waals surface area (Å²) in [6.45, 7) is 5.96. The van der Waals surface area contributed by atoms with Gasteiger partial charge in [0.2, 0.25) is 0 Å². The van der Waals surface area contributed by atoms with Crippen molar-refractivity contribution in [3.8, 4) is 11.5 Å². The van der Waals surface area contributed by atoms with Gasteiger partial charge in [-0.2, -0.15) is 0 Å². The number of nitrogens with two attached hydrogens (primary N) is 1. The third kappa shape index (κ3) is 2.17. The first-order chi connectivity index (χ1) is 6.32. The summed E-state index contributed by atoms with van der Waals surface area (Å²) < 4.78 is 0. The summed E-state index contributed by atoms with van der Waals surface area (Å²) in [5.74, 6) is 0.253. The zero-order chi connectivity index (χ0) is 10.9. The van der Waals surface area contributed by atoms with Crippen molar-refractivity contribution in [3.05, 3.63) is 23.8 Å². The van der Waals surface area contributed by atoms with E-state index >= 15 is 0 Å². The molecule has 0 saturated heterocycles. The van der Waals surface area contributed by atoms with Gasteiger partial charge in [-0.1, -0.05) is 20.8 Å². The molecule has 0 heterocycles. The van der Waals surface area contributed by atoms with Crippen LogP contribution in [-0.4, -0.2) is 10.2 Å². The molecule has 0 aromatic heterocycles. The molecular formula is C11H17NO2. The van der Waals surface area contributed by atoms with E-state index in [9.17, 15) is 10.2 Å². The molecule has 0 aliphatic rings. The van der Waals surface area contributed by atoms with Crippen LogP contribution >= 0.6 is 0 Å². The molecule has 1 aromatic carbocycles. The third-order valence-corrected chi connectivity index (χ3v) is 2.28. The highest BCUT2D eigenvalue weighted by molar-refractivity contribution is 5.41. The molecule has 0 aliphatic carbocycles. The van der Waals surface area contributed by atoms with Gasteiger partial charge in [0.25, 0.3) is 0 Å². The van der Waals surface area contributed by atoms with E-state index in [1.807, 2.05) is 20.8 Å². The molecule has 1 rings (SSSR count). The summed E-state index contributed by atoms with van der Waals surface area (Å²) in [5, 5.41) is 18.9. The first-order valence-electron chi connectivity index (χ1n) is 4.60. The molecule has 0 bridgehead atoms. The molecule has 0 radical (unpaired) electrons. The van der Waals surface area contributed by atoms with Crippen molar-refractivity contribution in [1.82, 2.24) is 0 Å². The van der Waals surface area contributed by atoms with Crippen molar-refractivity contribution < 1.29 is 10.2 Å². The molecule has 0 spiro atoms. The van der Waals surface area contributed by atoms with Crippen LogP contribution in [0.3, 0.4) is 0 Å². The Kier molecular flexibility index (Phi) is 2.71. The van der Waals surface area contributed by atoms with Crippen LogP contribution in [0.25, 0.3) is 0 Å². The highest BCUT2D eigenvalue weighted by Gasteiger charge is 2.24. The van der Waals surface area contributed by atoms with Crippen LogP contribution in [0, 0.1) is 5.41 Å². The minimum Gasteiger partial charge on any atom is -0.508 e. The van der Waals surface area contributed by atoms with Gasteiger partial charge in [0.15, 0.2) is 0 Å². The van der Waals surface area contributed by atoms with Gasteiger partial charge in [-0.15, -0.1) is 0 Å². The van der Waals surface area contributed by atoms with Gasteiger partial charge in [0, 0.05) is 11.6 Å². The first kappa shape index (κ1) is 10.9. The van der Waals surface area contributed by atoms with Gasteiger partial charge in [-0.3, -0.25) is 0 Å². The van der Waals surface area contributed by atoms with E-state index in [-0.39, 0.29) is 23.0 Å². The summed E-state index contributed by atoms with van der Waals surface area (Å²) in [6, 6.07) is 4.10. The lowest BCUT2D eigenvalue weighted by molar-refractivity contribution is 0.316. The smallest absolute Gasteiger partial charge is 0.120 e. The normalized spacial score (nSPS) is 14.0. The molecule has 0 fully saturated rings. The Morgan fingerprint density at radius 2 is 1.79 bits per heavy atom. The average Bonchev–Trinajstić information content (AvgIpc) is 2.06. The second kappa shape index (κ2) is 3.50. The van der Waals surface area contributed by atoms with Crippen molar-refractivity contribution in [2.45, 2.75) is 26.8 Å². The van der Waals surface area contributed by atoms with Crippen molar-refractivity contribution >= 4 is 0 Å². The number of phenols is 2. The second-order valence-electron chi connectivity index (χ2n) is 4.59. The van der Waals surface area contributed by atoms with Gasteiger partial charge in [-0.05, 0) is 23.6 Å². The maximum absolute atomic E-state index is 9.58. The van der Waals surface area contributed by atoms with Crippen LogP contribution in [0.4, 0.5) is 0 Å². The third-order valence-electron chi connectivity index (χ3n) is 2.28. The van der Waals surface area contributed by atoms with Gasteiger partial charge >= 0.3 is 0 Å². The number of hydrogen-bond donors (Lipinski definition) is 3. The number of aromatic hydroxyl groups is 2. The standard InChI is InChI=1S/C11H17NO2/c1-11(2,3)10(12)8-6-7(13)4-5-9(8)14/h4-6,10,13-14H,12H2,1-3H3/t10-/m0/s1. The summed E-state index contributed by atoms with van der Waals surface area (Å²) in [6.07, 6.45) is 0. The molecule has 78 valence electrons. The van der Waals surface area contributed by atoms with Crippen LogP contribution < -0.4 is 5.73 Å². The van der Waals surface area contributed by atoms with Crippen LogP contribution in [0.5, 0.6) is 11.5 Å². The molecule has 0 amide bonds. The molecule has 4 N–H and O–H groups in total. The number of rotatable bonds is 1. The Morgan fingerprint density at radius 3 is 2.29 bits per heavy atom. The summed E-state index contributed by atoms with van der Waals surface area (Å²) in [5.41, 5.74) is 6.40. The van der Waals surface area contributed by atoms with Gasteiger partial charge < -0.3 is 15.9 Å². The van der Waals surface area contributed by atoms with Crippen LogP contribution in [0.1, 0.15) is 32.4 Å². The number of phenolic OH excluding ortho intramolecular Hbond substituents is 2. The predicted octanol–water partition coefficient (Wildman–Crippen LogP) is 2.14. The predicted molar refractivity (Wildman–Crippen MR) is 56.2 cm³/mol. The average molecular weight is 195 g/mol. The maximum Gasteiger partial charge on any atom is 0.120 e.